The number of nitrogens with one attached hydrogen (secondary N) is 1. The van der Waals surface area contributed by atoms with Crippen LogP contribution in [0, 0.1) is 0 Å². The molecule has 0 saturated heterocycles. The lowest BCUT2D eigenvalue weighted by Crippen LogP contribution is -2.30. The normalized spacial score (nSPS) is 11.4. The van der Waals surface area contributed by atoms with Crippen molar-refractivity contribution in [3.63, 3.8) is 0 Å². The van der Waals surface area contributed by atoms with Crippen LogP contribution in [0.1, 0.15) is 17.3 Å². The first kappa shape index (κ1) is 16.8. The smallest absolute Gasteiger partial charge is 0.265 e. The molecular formula is C17H16ClNO4. The number of benzene rings is 2. The van der Waals surface area contributed by atoms with Gasteiger partial charge in [0.1, 0.15) is 17.8 Å². The fraction of sp³-hybridized carbons (Fsp3) is 0.176. The Bertz CT molecular complexity index is 717. The van der Waals surface area contributed by atoms with Crippen LogP contribution in [0.3, 0.4) is 0 Å². The minimum Gasteiger partial charge on any atom is -0.495 e. The highest BCUT2D eigenvalue weighted by Gasteiger charge is 2.15. The second kappa shape index (κ2) is 7.65. The van der Waals surface area contributed by atoms with Crippen molar-refractivity contribution in [3.8, 4) is 11.5 Å². The zero-order valence-electron chi connectivity index (χ0n) is 12.7. The van der Waals surface area contributed by atoms with Crippen LogP contribution >= 0.6 is 11.6 Å². The maximum atomic E-state index is 12.2. The molecule has 0 spiro atoms. The molecule has 0 fully saturated rings. The van der Waals surface area contributed by atoms with Gasteiger partial charge in [-0.05, 0) is 37.3 Å². The van der Waals surface area contributed by atoms with Gasteiger partial charge in [-0.25, -0.2) is 0 Å². The second-order valence-electron chi connectivity index (χ2n) is 4.79. The Labute approximate surface area is 139 Å². The number of rotatable bonds is 6. The highest BCUT2D eigenvalue weighted by molar-refractivity contribution is 6.32. The van der Waals surface area contributed by atoms with E-state index in [1.54, 1.807) is 49.4 Å². The molecule has 1 N–H and O–H groups in total. The van der Waals surface area contributed by atoms with Crippen molar-refractivity contribution < 1.29 is 19.1 Å². The zero-order valence-corrected chi connectivity index (χ0v) is 13.5. The summed E-state index contributed by atoms with van der Waals surface area (Å²) in [6, 6.07) is 11.5. The molecule has 0 aliphatic carbocycles. The third-order valence-electron chi connectivity index (χ3n) is 3.10. The van der Waals surface area contributed by atoms with Crippen LogP contribution in [0.5, 0.6) is 11.5 Å². The Hall–Kier alpha value is -2.53. The molecule has 2 aromatic rings. The van der Waals surface area contributed by atoms with Gasteiger partial charge in [-0.2, -0.15) is 0 Å². The van der Waals surface area contributed by atoms with E-state index in [0.717, 1.165) is 6.29 Å². The molecule has 0 bridgehead atoms. The summed E-state index contributed by atoms with van der Waals surface area (Å²) in [6.07, 6.45) is -0.0190. The number of ether oxygens (including phenoxy) is 2. The van der Waals surface area contributed by atoms with Crippen molar-refractivity contribution in [1.29, 1.82) is 0 Å². The van der Waals surface area contributed by atoms with E-state index >= 15 is 0 Å². The molecule has 23 heavy (non-hydrogen) atoms. The van der Waals surface area contributed by atoms with E-state index in [1.165, 1.54) is 7.11 Å². The Morgan fingerprint density at radius 3 is 2.70 bits per heavy atom. The second-order valence-corrected chi connectivity index (χ2v) is 5.20. The van der Waals surface area contributed by atoms with Crippen LogP contribution in [0.2, 0.25) is 5.02 Å². The molecule has 6 heteroatoms. The van der Waals surface area contributed by atoms with E-state index in [2.05, 4.69) is 5.32 Å². The Balaban J connectivity index is 2.02. The van der Waals surface area contributed by atoms with Gasteiger partial charge in [-0.3, -0.25) is 9.59 Å². The first-order chi connectivity index (χ1) is 11.0. The maximum Gasteiger partial charge on any atom is 0.265 e. The molecule has 1 unspecified atom stereocenters. The predicted octanol–water partition coefficient (Wildman–Crippen LogP) is 3.57. The Morgan fingerprint density at radius 1 is 1.26 bits per heavy atom. The fourth-order valence-corrected chi connectivity index (χ4v) is 2.16. The third kappa shape index (κ3) is 4.47. The van der Waals surface area contributed by atoms with E-state index in [-0.39, 0.29) is 5.91 Å². The van der Waals surface area contributed by atoms with Gasteiger partial charge in [0.05, 0.1) is 12.1 Å². The maximum absolute atomic E-state index is 12.2. The van der Waals surface area contributed by atoms with Gasteiger partial charge < -0.3 is 14.8 Å². The Kier molecular flexibility index (Phi) is 5.60. The topological polar surface area (TPSA) is 64.6 Å². The molecule has 1 amide bonds. The lowest BCUT2D eigenvalue weighted by molar-refractivity contribution is -0.122. The number of carbonyl (C=O) groups excluding carboxylic acids is 2. The molecule has 0 radical (unpaired) electrons. The number of hydrogen-bond acceptors (Lipinski definition) is 4. The van der Waals surface area contributed by atoms with Crippen LogP contribution in [0.15, 0.2) is 42.5 Å². The van der Waals surface area contributed by atoms with Crippen molar-refractivity contribution in [2.45, 2.75) is 13.0 Å². The minimum absolute atomic E-state index is 0.331. The fourth-order valence-electron chi connectivity index (χ4n) is 1.91. The third-order valence-corrected chi connectivity index (χ3v) is 3.39. The van der Waals surface area contributed by atoms with Crippen molar-refractivity contribution in [3.05, 3.63) is 53.1 Å². The van der Waals surface area contributed by atoms with Crippen LogP contribution in [0.4, 0.5) is 5.69 Å². The summed E-state index contributed by atoms with van der Waals surface area (Å²) in [5.74, 6) is 0.646. The molecule has 0 aromatic heterocycles. The molecular weight excluding hydrogens is 318 g/mol. The van der Waals surface area contributed by atoms with E-state index in [0.29, 0.717) is 27.8 Å². The number of aldehydes is 1. The number of halogens is 1. The first-order valence-electron chi connectivity index (χ1n) is 6.90. The first-order valence-corrected chi connectivity index (χ1v) is 7.27. The van der Waals surface area contributed by atoms with Crippen LogP contribution in [0.25, 0.3) is 0 Å². The van der Waals surface area contributed by atoms with Gasteiger partial charge in [0.25, 0.3) is 5.91 Å². The molecule has 5 nitrogen and oxygen atoms in total. The van der Waals surface area contributed by atoms with E-state index in [9.17, 15) is 9.59 Å². The summed E-state index contributed by atoms with van der Waals surface area (Å²) in [5.41, 5.74) is 1.02. The standard InChI is InChI=1S/C17H16ClNO4/c1-11(23-14-5-3-4-12(8-14)10-20)17(21)19-13-6-7-16(22-2)15(18)9-13/h3-11H,1-2H3,(H,19,21). The number of hydrogen-bond donors (Lipinski definition) is 1. The minimum atomic E-state index is -0.738. The number of anilines is 1. The van der Waals surface area contributed by atoms with Crippen molar-refractivity contribution in [2.24, 2.45) is 0 Å². The van der Waals surface area contributed by atoms with Crippen LogP contribution < -0.4 is 14.8 Å². The number of amides is 1. The zero-order chi connectivity index (χ0) is 16.8. The van der Waals surface area contributed by atoms with E-state index in [1.807, 2.05) is 0 Å². The SMILES string of the molecule is COc1ccc(NC(=O)C(C)Oc2cccc(C=O)c2)cc1Cl. The highest BCUT2D eigenvalue weighted by atomic mass is 35.5. The lowest BCUT2D eigenvalue weighted by Gasteiger charge is -2.15. The van der Waals surface area contributed by atoms with Crippen LogP contribution in [-0.2, 0) is 4.79 Å². The molecule has 0 aliphatic rings. The van der Waals surface area contributed by atoms with Gasteiger partial charge in [0.2, 0.25) is 0 Å². The van der Waals surface area contributed by atoms with E-state index in [4.69, 9.17) is 21.1 Å². The summed E-state index contributed by atoms with van der Waals surface area (Å²) in [6.45, 7) is 1.62. The van der Waals surface area contributed by atoms with Crippen molar-refractivity contribution in [2.75, 3.05) is 12.4 Å². The molecule has 0 heterocycles. The molecule has 0 aliphatic heterocycles. The van der Waals surface area contributed by atoms with E-state index < -0.39 is 6.10 Å². The summed E-state index contributed by atoms with van der Waals surface area (Å²) in [4.78, 5) is 22.9. The quantitative estimate of drug-likeness (QED) is 0.821. The van der Waals surface area contributed by atoms with Gasteiger partial charge in [0.15, 0.2) is 6.10 Å². The molecule has 2 aromatic carbocycles. The molecule has 1 atom stereocenters. The molecule has 120 valence electrons. The Morgan fingerprint density at radius 2 is 2.04 bits per heavy atom. The van der Waals surface area contributed by atoms with Gasteiger partial charge >= 0.3 is 0 Å². The van der Waals surface area contributed by atoms with Crippen molar-refractivity contribution in [1.82, 2.24) is 0 Å². The van der Waals surface area contributed by atoms with Crippen molar-refractivity contribution >= 4 is 29.5 Å². The summed E-state index contributed by atoms with van der Waals surface area (Å²) in [7, 11) is 1.52. The van der Waals surface area contributed by atoms with Gasteiger partial charge in [-0.15, -0.1) is 0 Å². The predicted molar refractivity (Wildman–Crippen MR) is 88.6 cm³/mol. The largest absolute Gasteiger partial charge is 0.495 e. The summed E-state index contributed by atoms with van der Waals surface area (Å²) < 4.78 is 10.6. The molecule has 2 rings (SSSR count). The number of carbonyl (C=O) groups is 2. The van der Waals surface area contributed by atoms with Gasteiger partial charge in [0, 0.05) is 11.3 Å². The average Bonchev–Trinajstić information content (AvgIpc) is 2.55. The monoisotopic (exact) mass is 333 g/mol. The number of methoxy groups -OCH3 is 1. The summed E-state index contributed by atoms with van der Waals surface area (Å²) in [5, 5.41) is 3.11. The summed E-state index contributed by atoms with van der Waals surface area (Å²) >= 11 is 6.02. The lowest BCUT2D eigenvalue weighted by atomic mass is 10.2. The highest BCUT2D eigenvalue weighted by Crippen LogP contribution is 2.27. The van der Waals surface area contributed by atoms with Crippen LogP contribution in [-0.4, -0.2) is 25.4 Å². The average molecular weight is 334 g/mol. The van der Waals surface area contributed by atoms with Gasteiger partial charge in [-0.1, -0.05) is 23.7 Å². The molecule has 0 saturated carbocycles.